The van der Waals surface area contributed by atoms with Crippen molar-refractivity contribution in [1.29, 1.82) is 5.26 Å². The molecule has 218 valence electrons. The summed E-state index contributed by atoms with van der Waals surface area (Å²) < 4.78 is 7.30. The molecular weight excluding hydrogens is 591 g/mol. The van der Waals surface area contributed by atoms with Crippen molar-refractivity contribution in [2.45, 2.75) is 0 Å². The standard InChI is InChI=1S/C43H25N3S/c44-26-28-11-10-19-37(46-35-17-7-4-14-30(35)31-15-5-8-18-36(31)46)41(28)27-21-22-34-39(25-27)45(29-12-2-1-3-13-29)38-24-23-33-32-16-6-9-20-40(32)47-43(33)42(34)38/h1-25H. The lowest BCUT2D eigenvalue weighted by molar-refractivity contribution is 1.17. The Morgan fingerprint density at radius 3 is 1.94 bits per heavy atom. The number of aromatic nitrogens is 2. The maximum atomic E-state index is 10.5. The second kappa shape index (κ2) is 9.92. The molecule has 0 N–H and O–H groups in total. The normalized spacial score (nSPS) is 11.8. The molecule has 0 saturated heterocycles. The van der Waals surface area contributed by atoms with Crippen LogP contribution in [0.2, 0.25) is 0 Å². The summed E-state index contributed by atoms with van der Waals surface area (Å²) >= 11 is 1.86. The molecule has 0 amide bonds. The van der Waals surface area contributed by atoms with Gasteiger partial charge in [-0.3, -0.25) is 0 Å². The fourth-order valence-corrected chi connectivity index (χ4v) is 8.86. The molecule has 4 heteroatoms. The Morgan fingerprint density at radius 1 is 0.489 bits per heavy atom. The van der Waals surface area contributed by atoms with Crippen LogP contribution in [0.3, 0.4) is 0 Å². The van der Waals surface area contributed by atoms with Gasteiger partial charge in [0, 0.05) is 53.0 Å². The lowest BCUT2D eigenvalue weighted by Gasteiger charge is -2.16. The number of rotatable bonds is 3. The highest BCUT2D eigenvalue weighted by Gasteiger charge is 2.21. The molecule has 0 unspecified atom stereocenters. The van der Waals surface area contributed by atoms with E-state index in [4.69, 9.17) is 0 Å². The van der Waals surface area contributed by atoms with Crippen LogP contribution in [0.25, 0.3) is 86.3 Å². The third kappa shape index (κ3) is 3.66. The largest absolute Gasteiger partial charge is 0.309 e. The van der Waals surface area contributed by atoms with Crippen LogP contribution >= 0.6 is 11.3 Å². The Morgan fingerprint density at radius 2 is 1.17 bits per heavy atom. The van der Waals surface area contributed by atoms with E-state index in [0.29, 0.717) is 5.56 Å². The van der Waals surface area contributed by atoms with Crippen molar-refractivity contribution < 1.29 is 0 Å². The van der Waals surface area contributed by atoms with Gasteiger partial charge in [0.1, 0.15) is 0 Å². The molecular formula is C43H25N3S. The van der Waals surface area contributed by atoms with E-state index in [1.807, 2.05) is 23.5 Å². The molecule has 0 fully saturated rings. The van der Waals surface area contributed by atoms with Crippen molar-refractivity contribution in [3.8, 4) is 28.6 Å². The fraction of sp³-hybridized carbons (Fsp3) is 0. The smallest absolute Gasteiger partial charge is 0.0998 e. The SMILES string of the molecule is N#Cc1cccc(-n2c3ccccc3c3ccccc32)c1-c1ccc2c3c4sc5ccccc5c4ccc3n(-c3ccccc3)c2c1. The maximum absolute atomic E-state index is 10.5. The molecule has 0 atom stereocenters. The highest BCUT2D eigenvalue weighted by Crippen LogP contribution is 2.45. The average Bonchev–Trinajstić information content (AvgIpc) is 3.79. The van der Waals surface area contributed by atoms with Crippen LogP contribution in [0.15, 0.2) is 152 Å². The summed E-state index contributed by atoms with van der Waals surface area (Å²) in [6.07, 6.45) is 0. The van der Waals surface area contributed by atoms with Gasteiger partial charge in [-0.05, 0) is 60.2 Å². The lowest BCUT2D eigenvalue weighted by atomic mass is 9.96. The minimum absolute atomic E-state index is 0.651. The molecule has 47 heavy (non-hydrogen) atoms. The molecule has 10 aromatic rings. The second-order valence-corrected chi connectivity index (χ2v) is 13.1. The van der Waals surface area contributed by atoms with Crippen molar-refractivity contribution in [2.75, 3.05) is 0 Å². The van der Waals surface area contributed by atoms with E-state index in [9.17, 15) is 5.26 Å². The highest BCUT2D eigenvalue weighted by molar-refractivity contribution is 7.26. The van der Waals surface area contributed by atoms with Gasteiger partial charge in [0.25, 0.3) is 0 Å². The number of nitriles is 1. The van der Waals surface area contributed by atoms with Crippen LogP contribution in [0.5, 0.6) is 0 Å². The summed E-state index contributed by atoms with van der Waals surface area (Å²) in [5.74, 6) is 0. The molecule has 3 heterocycles. The first-order valence-corrected chi connectivity index (χ1v) is 16.6. The van der Waals surface area contributed by atoms with E-state index in [2.05, 4.69) is 155 Å². The minimum Gasteiger partial charge on any atom is -0.309 e. The Hall–Kier alpha value is -6.15. The minimum atomic E-state index is 0.651. The predicted molar refractivity (Wildman–Crippen MR) is 198 cm³/mol. The summed E-state index contributed by atoms with van der Waals surface area (Å²) in [6, 6.07) is 56.3. The van der Waals surface area contributed by atoms with Gasteiger partial charge in [-0.1, -0.05) is 97.1 Å². The molecule has 0 saturated carbocycles. The van der Waals surface area contributed by atoms with E-state index in [1.165, 1.54) is 47.2 Å². The summed E-state index contributed by atoms with van der Waals surface area (Å²) in [7, 11) is 0. The van der Waals surface area contributed by atoms with Crippen LogP contribution in [0, 0.1) is 11.3 Å². The topological polar surface area (TPSA) is 33.6 Å². The predicted octanol–water partition coefficient (Wildman–Crippen LogP) is 11.8. The first kappa shape index (κ1) is 26.1. The molecule has 0 aliphatic heterocycles. The summed E-state index contributed by atoms with van der Waals surface area (Å²) in [5.41, 5.74) is 9.25. The van der Waals surface area contributed by atoms with Gasteiger partial charge in [-0.2, -0.15) is 5.26 Å². The number of benzene rings is 7. The van der Waals surface area contributed by atoms with Crippen LogP contribution < -0.4 is 0 Å². The van der Waals surface area contributed by atoms with E-state index in [1.54, 1.807) is 0 Å². The van der Waals surface area contributed by atoms with Crippen molar-refractivity contribution >= 4 is 75.1 Å². The van der Waals surface area contributed by atoms with Crippen LogP contribution in [0.1, 0.15) is 5.56 Å². The van der Waals surface area contributed by atoms with Gasteiger partial charge in [0.15, 0.2) is 0 Å². The number of nitrogens with zero attached hydrogens (tertiary/aromatic N) is 3. The molecule has 0 radical (unpaired) electrons. The number of hydrogen-bond acceptors (Lipinski definition) is 2. The molecule has 0 bridgehead atoms. The number of hydrogen-bond donors (Lipinski definition) is 0. The van der Waals surface area contributed by atoms with Crippen LogP contribution in [-0.4, -0.2) is 9.13 Å². The zero-order chi connectivity index (χ0) is 31.1. The Balaban J connectivity index is 1.32. The summed E-state index contributed by atoms with van der Waals surface area (Å²) in [4.78, 5) is 0. The number of fused-ring (bicyclic) bond motifs is 10. The molecule has 7 aromatic carbocycles. The number of para-hydroxylation sites is 3. The van der Waals surface area contributed by atoms with Gasteiger partial charge in [0.05, 0.1) is 39.4 Å². The van der Waals surface area contributed by atoms with Crippen LogP contribution in [-0.2, 0) is 0 Å². The first-order valence-electron chi connectivity index (χ1n) is 15.8. The number of thiophene rings is 1. The van der Waals surface area contributed by atoms with Crippen LogP contribution in [0.4, 0.5) is 0 Å². The second-order valence-electron chi connectivity index (χ2n) is 12.0. The Labute approximate surface area is 274 Å². The maximum Gasteiger partial charge on any atom is 0.0998 e. The van der Waals surface area contributed by atoms with Gasteiger partial charge in [-0.15, -0.1) is 11.3 Å². The third-order valence-electron chi connectivity index (χ3n) is 9.56. The van der Waals surface area contributed by atoms with E-state index in [-0.39, 0.29) is 0 Å². The monoisotopic (exact) mass is 615 g/mol. The quantitative estimate of drug-likeness (QED) is 0.195. The van der Waals surface area contributed by atoms with Gasteiger partial charge >= 0.3 is 0 Å². The van der Waals surface area contributed by atoms with Gasteiger partial charge < -0.3 is 9.13 Å². The average molecular weight is 616 g/mol. The molecule has 0 aliphatic carbocycles. The van der Waals surface area contributed by atoms with Crippen molar-refractivity contribution in [2.24, 2.45) is 0 Å². The van der Waals surface area contributed by atoms with E-state index in [0.717, 1.165) is 39.1 Å². The summed E-state index contributed by atoms with van der Waals surface area (Å²) in [5, 5.41) is 18.0. The van der Waals surface area contributed by atoms with Crippen molar-refractivity contribution in [1.82, 2.24) is 9.13 Å². The third-order valence-corrected chi connectivity index (χ3v) is 10.8. The first-order chi connectivity index (χ1) is 23.3. The lowest BCUT2D eigenvalue weighted by Crippen LogP contribution is -2.00. The van der Waals surface area contributed by atoms with E-state index >= 15 is 0 Å². The summed E-state index contributed by atoms with van der Waals surface area (Å²) in [6.45, 7) is 0. The van der Waals surface area contributed by atoms with Crippen molar-refractivity contribution in [3.63, 3.8) is 0 Å². The molecule has 0 aliphatic rings. The van der Waals surface area contributed by atoms with Crippen molar-refractivity contribution in [3.05, 3.63) is 157 Å². The molecule has 3 aromatic heterocycles. The van der Waals surface area contributed by atoms with Gasteiger partial charge in [0.2, 0.25) is 0 Å². The molecule has 10 rings (SSSR count). The zero-order valence-corrected chi connectivity index (χ0v) is 26.0. The highest BCUT2D eigenvalue weighted by atomic mass is 32.1. The molecule has 3 nitrogen and oxygen atoms in total. The molecule has 0 spiro atoms. The Bertz CT molecular complexity index is 2860. The Kier molecular flexibility index (Phi) is 5.51. The van der Waals surface area contributed by atoms with E-state index < -0.39 is 0 Å². The fourth-order valence-electron chi connectivity index (χ4n) is 7.60. The zero-order valence-electron chi connectivity index (χ0n) is 25.2. The van der Waals surface area contributed by atoms with Gasteiger partial charge in [-0.25, -0.2) is 0 Å².